The largest absolute Gasteiger partial charge is 0.326 e. The van der Waals surface area contributed by atoms with Crippen LogP contribution in [0.1, 0.15) is 28.8 Å². The predicted molar refractivity (Wildman–Crippen MR) is 95.2 cm³/mol. The average molecular weight is 326 g/mol. The van der Waals surface area contributed by atoms with E-state index in [-0.39, 0.29) is 11.8 Å². The SMILES string of the molecule is CNCCCC(=O)Nc1ccc(C)c(NC(=O)c2ccncc2)c1. The second-order valence-corrected chi connectivity index (χ2v) is 5.47. The standard InChI is InChI=1S/C18H22N4O2/c1-13-5-6-15(21-17(23)4-3-9-19-2)12-16(13)22-18(24)14-7-10-20-11-8-14/h5-8,10-12,19H,3-4,9H2,1-2H3,(H,21,23)(H,22,24). The van der Waals surface area contributed by atoms with E-state index in [9.17, 15) is 9.59 Å². The molecule has 0 fully saturated rings. The second kappa shape index (κ2) is 8.79. The van der Waals surface area contributed by atoms with Crippen LogP contribution >= 0.6 is 0 Å². The molecule has 0 unspecified atom stereocenters. The predicted octanol–water partition coefficient (Wildman–Crippen LogP) is 2.58. The summed E-state index contributed by atoms with van der Waals surface area (Å²) in [6, 6.07) is 8.76. The summed E-state index contributed by atoms with van der Waals surface area (Å²) >= 11 is 0. The summed E-state index contributed by atoms with van der Waals surface area (Å²) in [5.41, 5.74) is 2.79. The van der Waals surface area contributed by atoms with Crippen LogP contribution in [0.15, 0.2) is 42.7 Å². The van der Waals surface area contributed by atoms with Crippen molar-refractivity contribution < 1.29 is 9.59 Å². The van der Waals surface area contributed by atoms with Crippen molar-refractivity contribution in [3.05, 3.63) is 53.9 Å². The fourth-order valence-corrected chi connectivity index (χ4v) is 2.18. The summed E-state index contributed by atoms with van der Waals surface area (Å²) in [6.07, 6.45) is 4.38. The van der Waals surface area contributed by atoms with E-state index in [2.05, 4.69) is 20.9 Å². The molecule has 0 atom stereocenters. The summed E-state index contributed by atoms with van der Waals surface area (Å²) < 4.78 is 0. The molecule has 2 amide bonds. The van der Waals surface area contributed by atoms with Crippen LogP contribution in [0.3, 0.4) is 0 Å². The minimum atomic E-state index is -0.210. The fraction of sp³-hybridized carbons (Fsp3) is 0.278. The maximum absolute atomic E-state index is 12.2. The third-order valence-corrected chi connectivity index (χ3v) is 3.54. The number of nitrogens with one attached hydrogen (secondary N) is 3. The van der Waals surface area contributed by atoms with Crippen LogP contribution in [0.2, 0.25) is 0 Å². The van der Waals surface area contributed by atoms with Gasteiger partial charge in [-0.2, -0.15) is 0 Å². The Morgan fingerprint density at radius 2 is 1.83 bits per heavy atom. The minimum absolute atomic E-state index is 0.0412. The van der Waals surface area contributed by atoms with Crippen molar-refractivity contribution in [1.82, 2.24) is 10.3 Å². The molecule has 126 valence electrons. The zero-order chi connectivity index (χ0) is 17.4. The van der Waals surface area contributed by atoms with Gasteiger partial charge in [0, 0.05) is 35.8 Å². The van der Waals surface area contributed by atoms with Gasteiger partial charge in [0.1, 0.15) is 0 Å². The molecule has 2 aromatic rings. The summed E-state index contributed by atoms with van der Waals surface area (Å²) in [4.78, 5) is 28.0. The van der Waals surface area contributed by atoms with Crippen LogP contribution in [0.25, 0.3) is 0 Å². The number of benzene rings is 1. The number of pyridine rings is 1. The number of aromatic nitrogens is 1. The quantitative estimate of drug-likeness (QED) is 0.683. The Labute approximate surface area is 141 Å². The van der Waals surface area contributed by atoms with Gasteiger partial charge in [-0.05, 0) is 56.8 Å². The first-order valence-corrected chi connectivity index (χ1v) is 7.86. The average Bonchev–Trinajstić information content (AvgIpc) is 2.59. The third kappa shape index (κ3) is 5.17. The van der Waals surface area contributed by atoms with Gasteiger partial charge >= 0.3 is 0 Å². The van der Waals surface area contributed by atoms with Crippen molar-refractivity contribution in [3.63, 3.8) is 0 Å². The van der Waals surface area contributed by atoms with Crippen molar-refractivity contribution in [2.75, 3.05) is 24.2 Å². The lowest BCUT2D eigenvalue weighted by atomic mass is 10.1. The van der Waals surface area contributed by atoms with Crippen LogP contribution in [-0.2, 0) is 4.79 Å². The first-order valence-electron chi connectivity index (χ1n) is 7.86. The molecule has 1 heterocycles. The molecule has 3 N–H and O–H groups in total. The molecule has 1 aromatic heterocycles. The zero-order valence-corrected chi connectivity index (χ0v) is 13.9. The third-order valence-electron chi connectivity index (χ3n) is 3.54. The van der Waals surface area contributed by atoms with Gasteiger partial charge in [0.15, 0.2) is 0 Å². The van der Waals surface area contributed by atoms with Crippen molar-refractivity contribution in [2.24, 2.45) is 0 Å². The van der Waals surface area contributed by atoms with Gasteiger partial charge in [0.2, 0.25) is 5.91 Å². The van der Waals surface area contributed by atoms with Crippen LogP contribution in [0.4, 0.5) is 11.4 Å². The normalized spacial score (nSPS) is 10.2. The van der Waals surface area contributed by atoms with Crippen molar-refractivity contribution in [3.8, 4) is 0 Å². The molecule has 2 rings (SSSR count). The van der Waals surface area contributed by atoms with Crippen LogP contribution in [-0.4, -0.2) is 30.4 Å². The molecule has 0 saturated heterocycles. The molecular weight excluding hydrogens is 304 g/mol. The van der Waals surface area contributed by atoms with E-state index in [1.807, 2.05) is 26.1 Å². The highest BCUT2D eigenvalue weighted by molar-refractivity contribution is 6.05. The van der Waals surface area contributed by atoms with E-state index in [4.69, 9.17) is 0 Å². The van der Waals surface area contributed by atoms with Gasteiger partial charge in [0.05, 0.1) is 0 Å². The fourth-order valence-electron chi connectivity index (χ4n) is 2.18. The Balaban J connectivity index is 2.03. The maximum Gasteiger partial charge on any atom is 0.255 e. The van der Waals surface area contributed by atoms with E-state index in [0.717, 1.165) is 18.5 Å². The van der Waals surface area contributed by atoms with Crippen LogP contribution < -0.4 is 16.0 Å². The molecule has 0 saturated carbocycles. The van der Waals surface area contributed by atoms with Crippen molar-refractivity contribution >= 4 is 23.2 Å². The number of hydrogen-bond donors (Lipinski definition) is 3. The van der Waals surface area contributed by atoms with Gasteiger partial charge < -0.3 is 16.0 Å². The summed E-state index contributed by atoms with van der Waals surface area (Å²) in [5.74, 6) is -0.251. The molecule has 6 nitrogen and oxygen atoms in total. The Bertz CT molecular complexity index is 701. The Hall–Kier alpha value is -2.73. The van der Waals surface area contributed by atoms with E-state index >= 15 is 0 Å². The molecule has 0 aliphatic carbocycles. The molecule has 1 aromatic carbocycles. The van der Waals surface area contributed by atoms with Crippen molar-refractivity contribution in [1.29, 1.82) is 0 Å². The number of aryl methyl sites for hydroxylation is 1. The molecule has 6 heteroatoms. The highest BCUT2D eigenvalue weighted by atomic mass is 16.2. The molecule has 0 aliphatic rings. The van der Waals surface area contributed by atoms with Gasteiger partial charge in [-0.1, -0.05) is 6.07 Å². The summed E-state index contributed by atoms with van der Waals surface area (Å²) in [6.45, 7) is 2.70. The number of carbonyl (C=O) groups is 2. The molecular formula is C18H22N4O2. The lowest BCUT2D eigenvalue weighted by Crippen LogP contribution is -2.16. The molecule has 0 spiro atoms. The van der Waals surface area contributed by atoms with Gasteiger partial charge in [0.25, 0.3) is 5.91 Å². The Morgan fingerprint density at radius 3 is 2.54 bits per heavy atom. The van der Waals surface area contributed by atoms with Crippen LogP contribution in [0.5, 0.6) is 0 Å². The maximum atomic E-state index is 12.2. The number of nitrogens with zero attached hydrogens (tertiary/aromatic N) is 1. The molecule has 0 aliphatic heterocycles. The highest BCUT2D eigenvalue weighted by Crippen LogP contribution is 2.21. The lowest BCUT2D eigenvalue weighted by molar-refractivity contribution is -0.116. The monoisotopic (exact) mass is 326 g/mol. The molecule has 24 heavy (non-hydrogen) atoms. The Kier molecular flexibility index (Phi) is 6.45. The molecule has 0 bridgehead atoms. The van der Waals surface area contributed by atoms with Gasteiger partial charge in [-0.15, -0.1) is 0 Å². The first-order chi connectivity index (χ1) is 11.6. The number of rotatable bonds is 7. The highest BCUT2D eigenvalue weighted by Gasteiger charge is 2.09. The molecule has 0 radical (unpaired) electrons. The number of amides is 2. The lowest BCUT2D eigenvalue weighted by Gasteiger charge is -2.12. The first kappa shape index (κ1) is 17.6. The Morgan fingerprint density at radius 1 is 1.08 bits per heavy atom. The van der Waals surface area contributed by atoms with E-state index in [1.165, 1.54) is 0 Å². The van der Waals surface area contributed by atoms with Gasteiger partial charge in [-0.3, -0.25) is 14.6 Å². The van der Waals surface area contributed by atoms with Crippen molar-refractivity contribution in [2.45, 2.75) is 19.8 Å². The second-order valence-electron chi connectivity index (χ2n) is 5.47. The minimum Gasteiger partial charge on any atom is -0.326 e. The zero-order valence-electron chi connectivity index (χ0n) is 13.9. The number of anilines is 2. The number of hydrogen-bond acceptors (Lipinski definition) is 4. The topological polar surface area (TPSA) is 83.1 Å². The smallest absolute Gasteiger partial charge is 0.255 e. The van der Waals surface area contributed by atoms with E-state index in [0.29, 0.717) is 23.4 Å². The van der Waals surface area contributed by atoms with E-state index in [1.54, 1.807) is 30.6 Å². The summed E-state index contributed by atoms with van der Waals surface area (Å²) in [5, 5.41) is 8.73. The van der Waals surface area contributed by atoms with Crippen LogP contribution in [0, 0.1) is 6.92 Å². The summed E-state index contributed by atoms with van der Waals surface area (Å²) in [7, 11) is 1.86. The number of carbonyl (C=O) groups excluding carboxylic acids is 2. The van der Waals surface area contributed by atoms with Gasteiger partial charge in [-0.25, -0.2) is 0 Å². The van der Waals surface area contributed by atoms with E-state index < -0.39 is 0 Å².